The normalized spacial score (nSPS) is 11.0. The molecule has 0 aliphatic carbocycles. The van der Waals surface area contributed by atoms with Crippen molar-refractivity contribution in [1.82, 2.24) is 4.98 Å². The standard InChI is InChI=1S/C11H9F3N2.C2H6/c1-6-4-10(15)16-9-5-7(11(12,13)14)2-3-8(6)9;1-2/h2-5H,1H3,(H2,15,16);1-2H3. The van der Waals surface area contributed by atoms with E-state index >= 15 is 0 Å². The first kappa shape index (κ1) is 14.3. The minimum Gasteiger partial charge on any atom is -0.384 e. The minimum atomic E-state index is -4.35. The number of fused-ring (bicyclic) bond motifs is 1. The summed E-state index contributed by atoms with van der Waals surface area (Å²) >= 11 is 0. The van der Waals surface area contributed by atoms with E-state index < -0.39 is 11.7 Å². The van der Waals surface area contributed by atoms with Crippen LogP contribution >= 0.6 is 0 Å². The van der Waals surface area contributed by atoms with Crippen molar-refractivity contribution in [3.63, 3.8) is 0 Å². The average Bonchev–Trinajstić information content (AvgIpc) is 2.29. The van der Waals surface area contributed by atoms with Crippen LogP contribution in [-0.4, -0.2) is 4.98 Å². The van der Waals surface area contributed by atoms with Crippen molar-refractivity contribution in [3.05, 3.63) is 35.4 Å². The van der Waals surface area contributed by atoms with E-state index in [4.69, 9.17) is 5.73 Å². The van der Waals surface area contributed by atoms with Gasteiger partial charge in [-0.25, -0.2) is 4.98 Å². The van der Waals surface area contributed by atoms with Gasteiger partial charge in [0, 0.05) is 5.39 Å². The number of benzene rings is 1. The van der Waals surface area contributed by atoms with Crippen LogP contribution in [0.5, 0.6) is 0 Å². The average molecular weight is 256 g/mol. The second-order valence-corrected chi connectivity index (χ2v) is 3.59. The number of pyridine rings is 1. The van der Waals surface area contributed by atoms with Crippen LogP contribution < -0.4 is 5.73 Å². The van der Waals surface area contributed by atoms with Crippen molar-refractivity contribution in [1.29, 1.82) is 0 Å². The Morgan fingerprint density at radius 3 is 2.28 bits per heavy atom. The van der Waals surface area contributed by atoms with E-state index in [1.807, 2.05) is 13.8 Å². The molecule has 0 unspecified atom stereocenters. The van der Waals surface area contributed by atoms with Gasteiger partial charge >= 0.3 is 6.18 Å². The summed E-state index contributed by atoms with van der Waals surface area (Å²) in [6, 6.07) is 5.11. The largest absolute Gasteiger partial charge is 0.416 e. The summed E-state index contributed by atoms with van der Waals surface area (Å²) in [6.07, 6.45) is -4.35. The Morgan fingerprint density at radius 2 is 1.72 bits per heavy atom. The molecule has 0 spiro atoms. The number of alkyl halides is 3. The van der Waals surface area contributed by atoms with Crippen LogP contribution in [0.25, 0.3) is 10.9 Å². The molecule has 2 rings (SSSR count). The number of aryl methyl sites for hydroxylation is 1. The Morgan fingerprint density at radius 1 is 1.11 bits per heavy atom. The van der Waals surface area contributed by atoms with Crippen LogP contribution in [0.3, 0.4) is 0 Å². The molecule has 5 heteroatoms. The van der Waals surface area contributed by atoms with Gasteiger partial charge in [0.15, 0.2) is 0 Å². The fourth-order valence-electron chi connectivity index (χ4n) is 1.60. The lowest BCUT2D eigenvalue weighted by molar-refractivity contribution is -0.137. The quantitative estimate of drug-likeness (QED) is 0.768. The van der Waals surface area contributed by atoms with Gasteiger partial charge in [-0.05, 0) is 30.7 Å². The second-order valence-electron chi connectivity index (χ2n) is 3.59. The van der Waals surface area contributed by atoms with Crippen LogP contribution in [0.4, 0.5) is 19.0 Å². The molecule has 1 aromatic heterocycles. The van der Waals surface area contributed by atoms with Crippen LogP contribution in [0.15, 0.2) is 24.3 Å². The number of halogens is 3. The highest BCUT2D eigenvalue weighted by Gasteiger charge is 2.30. The van der Waals surface area contributed by atoms with Crippen LogP contribution in [0.2, 0.25) is 0 Å². The smallest absolute Gasteiger partial charge is 0.384 e. The van der Waals surface area contributed by atoms with Gasteiger partial charge in [0.2, 0.25) is 0 Å². The molecule has 0 bridgehead atoms. The highest BCUT2D eigenvalue weighted by molar-refractivity contribution is 5.84. The lowest BCUT2D eigenvalue weighted by atomic mass is 10.1. The third kappa shape index (κ3) is 2.91. The lowest BCUT2D eigenvalue weighted by Crippen LogP contribution is -2.05. The van der Waals surface area contributed by atoms with Crippen molar-refractivity contribution >= 4 is 16.7 Å². The molecule has 0 saturated heterocycles. The number of hydrogen-bond acceptors (Lipinski definition) is 2. The summed E-state index contributed by atoms with van der Waals surface area (Å²) in [4.78, 5) is 3.89. The second kappa shape index (κ2) is 5.25. The maximum atomic E-state index is 12.5. The summed E-state index contributed by atoms with van der Waals surface area (Å²) in [5.41, 5.74) is 5.87. The van der Waals surface area contributed by atoms with E-state index in [2.05, 4.69) is 4.98 Å². The van der Waals surface area contributed by atoms with Crippen molar-refractivity contribution in [2.24, 2.45) is 0 Å². The van der Waals surface area contributed by atoms with Crippen molar-refractivity contribution in [3.8, 4) is 0 Å². The van der Waals surface area contributed by atoms with Gasteiger partial charge in [0.1, 0.15) is 5.82 Å². The molecule has 0 fully saturated rings. The zero-order valence-corrected chi connectivity index (χ0v) is 10.5. The van der Waals surface area contributed by atoms with E-state index in [1.165, 1.54) is 6.07 Å². The Balaban J connectivity index is 0.000000771. The molecule has 0 aliphatic rings. The van der Waals surface area contributed by atoms with Crippen LogP contribution in [-0.2, 0) is 6.18 Å². The molecule has 0 atom stereocenters. The molecule has 0 saturated carbocycles. The van der Waals surface area contributed by atoms with Gasteiger partial charge in [-0.3, -0.25) is 0 Å². The SMILES string of the molecule is CC.Cc1cc(N)nc2cc(C(F)(F)F)ccc12. The van der Waals surface area contributed by atoms with Gasteiger partial charge in [-0.15, -0.1) is 0 Å². The highest BCUT2D eigenvalue weighted by atomic mass is 19.4. The number of nitrogens with two attached hydrogens (primary N) is 1. The van der Waals surface area contributed by atoms with Crippen LogP contribution in [0, 0.1) is 6.92 Å². The Bertz CT molecular complexity index is 548. The van der Waals surface area contributed by atoms with Gasteiger partial charge in [0.05, 0.1) is 11.1 Å². The fourth-order valence-corrected chi connectivity index (χ4v) is 1.60. The van der Waals surface area contributed by atoms with Gasteiger partial charge in [0.25, 0.3) is 0 Å². The number of hydrogen-bond donors (Lipinski definition) is 1. The summed E-state index contributed by atoms with van der Waals surface area (Å²) in [5, 5.41) is 0.683. The lowest BCUT2D eigenvalue weighted by Gasteiger charge is -2.09. The molecular weight excluding hydrogens is 241 g/mol. The minimum absolute atomic E-state index is 0.226. The van der Waals surface area contributed by atoms with E-state index in [0.717, 1.165) is 17.7 Å². The molecule has 98 valence electrons. The monoisotopic (exact) mass is 256 g/mol. The van der Waals surface area contributed by atoms with E-state index in [9.17, 15) is 13.2 Å². The zero-order chi connectivity index (χ0) is 13.9. The molecule has 2 nitrogen and oxygen atoms in total. The third-order valence-corrected chi connectivity index (χ3v) is 2.36. The molecule has 18 heavy (non-hydrogen) atoms. The Hall–Kier alpha value is -1.78. The summed E-state index contributed by atoms with van der Waals surface area (Å²) < 4.78 is 37.4. The molecule has 0 aliphatic heterocycles. The van der Waals surface area contributed by atoms with Crippen molar-refractivity contribution < 1.29 is 13.2 Å². The zero-order valence-electron chi connectivity index (χ0n) is 10.5. The van der Waals surface area contributed by atoms with Gasteiger partial charge in [-0.2, -0.15) is 13.2 Å². The molecular formula is C13H15F3N2. The predicted molar refractivity (Wildman–Crippen MR) is 67.2 cm³/mol. The van der Waals surface area contributed by atoms with E-state index in [-0.39, 0.29) is 11.3 Å². The predicted octanol–water partition coefficient (Wildman–Crippen LogP) is 4.17. The van der Waals surface area contributed by atoms with Crippen molar-refractivity contribution in [2.45, 2.75) is 26.9 Å². The molecule has 2 aromatic rings. The maximum Gasteiger partial charge on any atom is 0.416 e. The third-order valence-electron chi connectivity index (χ3n) is 2.36. The molecule has 0 radical (unpaired) electrons. The number of aromatic nitrogens is 1. The Labute approximate surface area is 104 Å². The summed E-state index contributed by atoms with van der Waals surface area (Å²) in [5.74, 6) is 0.226. The molecule has 2 N–H and O–H groups in total. The number of nitrogen functional groups attached to an aromatic ring is 1. The first-order chi connectivity index (χ1) is 8.38. The molecule has 1 aromatic carbocycles. The van der Waals surface area contributed by atoms with E-state index in [0.29, 0.717) is 5.39 Å². The van der Waals surface area contributed by atoms with Gasteiger partial charge < -0.3 is 5.73 Å². The summed E-state index contributed by atoms with van der Waals surface area (Å²) in [7, 11) is 0. The van der Waals surface area contributed by atoms with E-state index in [1.54, 1.807) is 13.0 Å². The number of nitrogens with zero attached hydrogens (tertiary/aromatic N) is 1. The topological polar surface area (TPSA) is 38.9 Å². The maximum absolute atomic E-state index is 12.5. The van der Waals surface area contributed by atoms with Gasteiger partial charge in [-0.1, -0.05) is 19.9 Å². The molecule has 1 heterocycles. The van der Waals surface area contributed by atoms with Crippen LogP contribution in [0.1, 0.15) is 25.0 Å². The summed E-state index contributed by atoms with van der Waals surface area (Å²) in [6.45, 7) is 5.79. The Kier molecular flexibility index (Phi) is 4.16. The first-order valence-electron chi connectivity index (χ1n) is 5.62. The number of anilines is 1. The number of rotatable bonds is 0. The first-order valence-corrected chi connectivity index (χ1v) is 5.62. The molecule has 0 amide bonds. The fraction of sp³-hybridized carbons (Fsp3) is 0.308. The highest BCUT2D eigenvalue weighted by Crippen LogP contribution is 2.31. The van der Waals surface area contributed by atoms with Crippen molar-refractivity contribution in [2.75, 3.05) is 5.73 Å².